The summed E-state index contributed by atoms with van der Waals surface area (Å²) in [6.45, 7) is 0.410. The Balaban J connectivity index is 3.01. The molecular weight excluding hydrogens is 470 g/mol. The number of thiol groups is 1. The number of halogens is 8. The van der Waals surface area contributed by atoms with Gasteiger partial charge in [-0.15, -0.1) is 0 Å². The fourth-order valence-electron chi connectivity index (χ4n) is 2.37. The Morgan fingerprint density at radius 2 is 1.58 bits per heavy atom. The number of hydrogen-bond donors (Lipinski definition) is 1. The molecule has 0 N–H and O–H groups in total. The number of unbranched alkanes of at least 4 members (excludes halogenated alkanes) is 1. The Labute approximate surface area is 176 Å². The summed E-state index contributed by atoms with van der Waals surface area (Å²) in [6, 6.07) is 0. The van der Waals surface area contributed by atoms with Crippen LogP contribution in [-0.2, 0) is 23.8 Å². The minimum absolute atomic E-state index is 0.142. The molecule has 0 aromatic rings. The minimum Gasteiger partial charge on any atom is -0.410 e. The third-order valence-corrected chi connectivity index (χ3v) is 4.37. The Bertz CT molecular complexity index is 663. The summed E-state index contributed by atoms with van der Waals surface area (Å²) >= 11 is 2.46. The van der Waals surface area contributed by atoms with Crippen LogP contribution in [0.5, 0.6) is 0 Å². The fraction of sp³-hybridized carbons (Fsp3) is 0.750. The number of morpholine rings is 1. The quantitative estimate of drug-likeness (QED) is 0.127. The molecule has 1 unspecified atom stereocenters. The van der Waals surface area contributed by atoms with Gasteiger partial charge in [-0.25, -0.2) is 4.79 Å². The molecule has 1 heterocycles. The van der Waals surface area contributed by atoms with Crippen molar-refractivity contribution < 1.29 is 58.9 Å². The molecule has 31 heavy (non-hydrogen) atoms. The standard InChI is InChI=1S/C16H19F8NO5S/c1-10(17)11(26)30-14(15(20,21)22,12(27)25-5-8-28-9-6-25)29-7-3-2-4-13(18,19)16(23,24)31/h31H,1-9H2. The van der Waals surface area contributed by atoms with Crippen LogP contribution in [0.3, 0.4) is 0 Å². The van der Waals surface area contributed by atoms with Crippen molar-refractivity contribution in [3.8, 4) is 0 Å². The van der Waals surface area contributed by atoms with E-state index in [-0.39, 0.29) is 26.3 Å². The maximum Gasteiger partial charge on any atom is 0.466 e. The second kappa shape index (κ2) is 10.3. The van der Waals surface area contributed by atoms with Gasteiger partial charge in [0.25, 0.3) is 0 Å². The lowest BCUT2D eigenvalue weighted by atomic mass is 10.1. The number of nitrogens with zero attached hydrogens (tertiary/aromatic N) is 1. The van der Waals surface area contributed by atoms with Crippen LogP contribution in [0.15, 0.2) is 12.4 Å². The van der Waals surface area contributed by atoms with E-state index in [2.05, 4.69) is 28.7 Å². The highest BCUT2D eigenvalue weighted by Gasteiger charge is 2.67. The first kappa shape index (κ1) is 27.4. The minimum atomic E-state index is -5.71. The van der Waals surface area contributed by atoms with E-state index in [0.29, 0.717) is 4.90 Å². The largest absolute Gasteiger partial charge is 0.466 e. The van der Waals surface area contributed by atoms with Crippen LogP contribution in [0.4, 0.5) is 35.1 Å². The lowest BCUT2D eigenvalue weighted by molar-refractivity contribution is -0.351. The van der Waals surface area contributed by atoms with Crippen LogP contribution >= 0.6 is 12.6 Å². The van der Waals surface area contributed by atoms with Gasteiger partial charge in [-0.1, -0.05) is 19.2 Å². The van der Waals surface area contributed by atoms with Gasteiger partial charge in [-0.2, -0.15) is 35.1 Å². The number of rotatable bonds is 10. The smallest absolute Gasteiger partial charge is 0.410 e. The molecule has 6 nitrogen and oxygen atoms in total. The summed E-state index contributed by atoms with van der Waals surface area (Å²) < 4.78 is 119. The van der Waals surface area contributed by atoms with Gasteiger partial charge in [0.15, 0.2) is 0 Å². The molecule has 1 saturated heterocycles. The predicted molar refractivity (Wildman–Crippen MR) is 91.2 cm³/mol. The Kier molecular flexibility index (Phi) is 9.15. The summed E-state index contributed by atoms with van der Waals surface area (Å²) in [7, 11) is 0. The molecule has 0 spiro atoms. The average Bonchev–Trinajstić information content (AvgIpc) is 2.64. The molecule has 0 saturated carbocycles. The van der Waals surface area contributed by atoms with Gasteiger partial charge < -0.3 is 19.1 Å². The van der Waals surface area contributed by atoms with Crippen LogP contribution < -0.4 is 0 Å². The number of carbonyl (C=O) groups excluding carboxylic acids is 2. The van der Waals surface area contributed by atoms with Crippen molar-refractivity contribution in [2.75, 3.05) is 32.9 Å². The molecule has 1 aliphatic rings. The van der Waals surface area contributed by atoms with Gasteiger partial charge in [0, 0.05) is 19.5 Å². The van der Waals surface area contributed by atoms with Gasteiger partial charge >= 0.3 is 35.0 Å². The van der Waals surface area contributed by atoms with Crippen molar-refractivity contribution in [3.63, 3.8) is 0 Å². The van der Waals surface area contributed by atoms with Crippen molar-refractivity contribution in [2.24, 2.45) is 0 Å². The lowest BCUT2D eigenvalue weighted by Gasteiger charge is -2.38. The molecule has 0 aliphatic carbocycles. The topological polar surface area (TPSA) is 65.1 Å². The van der Waals surface area contributed by atoms with Gasteiger partial charge in [0.1, 0.15) is 0 Å². The van der Waals surface area contributed by atoms with E-state index in [1.807, 2.05) is 0 Å². The van der Waals surface area contributed by atoms with Gasteiger partial charge in [0.2, 0.25) is 5.83 Å². The zero-order valence-corrected chi connectivity index (χ0v) is 16.7. The molecule has 15 heteroatoms. The second-order valence-corrected chi connectivity index (χ2v) is 6.93. The van der Waals surface area contributed by atoms with E-state index in [4.69, 9.17) is 4.74 Å². The van der Waals surface area contributed by atoms with E-state index in [1.165, 1.54) is 0 Å². The number of esters is 1. The van der Waals surface area contributed by atoms with Crippen LogP contribution in [0, 0.1) is 0 Å². The summed E-state index contributed by atoms with van der Waals surface area (Å²) in [6.07, 6.45) is -8.59. The molecule has 0 bridgehead atoms. The molecule has 0 aromatic carbocycles. The summed E-state index contributed by atoms with van der Waals surface area (Å²) in [5.74, 6) is -14.9. The molecular formula is C16H19F8NO5S. The molecule has 180 valence electrons. The molecule has 1 fully saturated rings. The van der Waals surface area contributed by atoms with Crippen molar-refractivity contribution in [1.29, 1.82) is 0 Å². The normalized spacial score (nSPS) is 17.8. The lowest BCUT2D eigenvalue weighted by Crippen LogP contribution is -2.63. The van der Waals surface area contributed by atoms with Crippen LogP contribution in [0.25, 0.3) is 0 Å². The molecule has 0 radical (unpaired) electrons. The molecule has 1 rings (SSSR count). The van der Waals surface area contributed by atoms with Crippen molar-refractivity contribution in [1.82, 2.24) is 4.90 Å². The molecule has 1 atom stereocenters. The summed E-state index contributed by atoms with van der Waals surface area (Å²) in [5, 5.41) is -4.66. The van der Waals surface area contributed by atoms with Gasteiger partial charge in [0.05, 0.1) is 19.8 Å². The first-order valence-corrected chi connectivity index (χ1v) is 9.13. The van der Waals surface area contributed by atoms with Crippen LogP contribution in [0.1, 0.15) is 19.3 Å². The second-order valence-electron chi connectivity index (χ2n) is 6.36. The first-order valence-electron chi connectivity index (χ1n) is 8.69. The average molecular weight is 489 g/mol. The van der Waals surface area contributed by atoms with E-state index in [1.54, 1.807) is 0 Å². The van der Waals surface area contributed by atoms with E-state index < -0.39 is 66.7 Å². The number of hydrogen-bond acceptors (Lipinski definition) is 6. The SMILES string of the molecule is C=C(F)C(=O)OC(OCCCCC(F)(F)C(F)(F)S)(C(=O)N1CCOCC1)C(F)(F)F. The third kappa shape index (κ3) is 6.94. The van der Waals surface area contributed by atoms with E-state index in [0.717, 1.165) is 0 Å². The van der Waals surface area contributed by atoms with Gasteiger partial charge in [-0.3, -0.25) is 4.79 Å². The Morgan fingerprint density at radius 1 is 1.03 bits per heavy atom. The van der Waals surface area contributed by atoms with Crippen molar-refractivity contribution in [2.45, 2.75) is 42.4 Å². The first-order chi connectivity index (χ1) is 14.1. The third-order valence-electron chi connectivity index (χ3n) is 4.04. The summed E-state index contributed by atoms with van der Waals surface area (Å²) in [4.78, 5) is 24.6. The van der Waals surface area contributed by atoms with Crippen LogP contribution in [0.2, 0.25) is 0 Å². The molecule has 0 aromatic heterocycles. The number of amides is 1. The number of carbonyl (C=O) groups is 2. The Morgan fingerprint density at radius 3 is 2.03 bits per heavy atom. The monoisotopic (exact) mass is 489 g/mol. The number of ether oxygens (including phenoxy) is 3. The molecule has 1 amide bonds. The van der Waals surface area contributed by atoms with E-state index >= 15 is 0 Å². The summed E-state index contributed by atoms with van der Waals surface area (Å²) in [5.41, 5.74) is 0. The van der Waals surface area contributed by atoms with Crippen molar-refractivity contribution >= 4 is 24.5 Å². The maximum atomic E-state index is 13.8. The highest BCUT2D eigenvalue weighted by molar-refractivity contribution is 7.81. The van der Waals surface area contributed by atoms with E-state index in [9.17, 15) is 44.7 Å². The highest BCUT2D eigenvalue weighted by atomic mass is 32.1. The van der Waals surface area contributed by atoms with Gasteiger partial charge in [-0.05, 0) is 12.8 Å². The fourth-order valence-corrected chi connectivity index (χ4v) is 2.48. The maximum absolute atomic E-state index is 13.8. The molecule has 1 aliphatic heterocycles. The zero-order valence-electron chi connectivity index (χ0n) is 15.8. The number of alkyl halides is 7. The predicted octanol–water partition coefficient (Wildman–Crippen LogP) is 3.48. The van der Waals surface area contributed by atoms with Crippen molar-refractivity contribution in [3.05, 3.63) is 12.4 Å². The highest BCUT2D eigenvalue weighted by Crippen LogP contribution is 2.41. The Hall–Kier alpha value is -1.61. The van der Waals surface area contributed by atoms with Crippen LogP contribution in [-0.4, -0.2) is 72.8 Å². The zero-order chi connectivity index (χ0) is 24.1.